The van der Waals surface area contributed by atoms with Crippen LogP contribution in [0, 0.1) is 0 Å². The fourth-order valence-corrected chi connectivity index (χ4v) is 5.73. The maximum absolute atomic E-state index is 13.7. The summed E-state index contributed by atoms with van der Waals surface area (Å²) in [6, 6.07) is 15.6. The first-order valence-corrected chi connectivity index (χ1v) is 13.1. The first-order valence-electron chi connectivity index (χ1n) is 13.1. The zero-order valence-corrected chi connectivity index (χ0v) is 21.5. The molecule has 2 saturated heterocycles. The number of likely N-dealkylation sites (tertiary alicyclic amines) is 1. The van der Waals surface area contributed by atoms with E-state index in [1.165, 1.54) is 11.6 Å². The zero-order valence-electron chi connectivity index (χ0n) is 21.5. The van der Waals surface area contributed by atoms with Crippen LogP contribution in [0.3, 0.4) is 0 Å². The smallest absolute Gasteiger partial charge is 0.416 e. The second kappa shape index (κ2) is 10.4. The van der Waals surface area contributed by atoms with Crippen LogP contribution in [0.2, 0.25) is 0 Å². The fraction of sp³-hybridized carbons (Fsp3) is 0.448. The summed E-state index contributed by atoms with van der Waals surface area (Å²) in [5.41, 5.74) is 0.996. The van der Waals surface area contributed by atoms with Crippen molar-refractivity contribution in [1.82, 2.24) is 9.80 Å². The largest absolute Gasteiger partial charge is 0.450 e. The lowest BCUT2D eigenvalue weighted by atomic mass is 9.82. The minimum absolute atomic E-state index is 0.199. The van der Waals surface area contributed by atoms with Gasteiger partial charge < -0.3 is 19.4 Å². The Bertz CT molecular complexity index is 1210. The first kappa shape index (κ1) is 26.3. The number of esters is 1. The number of halogens is 3. The second-order valence-electron chi connectivity index (χ2n) is 10.3. The predicted molar refractivity (Wildman–Crippen MR) is 138 cm³/mol. The summed E-state index contributed by atoms with van der Waals surface area (Å²) in [4.78, 5) is 32.2. The van der Waals surface area contributed by atoms with E-state index in [9.17, 15) is 22.8 Å². The molecule has 5 rings (SSSR count). The molecular formula is C29H32F3N3O3. The SMILES string of the molecule is CC1=C(C(=O)N2CCN(c3cccc(C(F)(F)F)c3)CC2)C2(CCN(CCc3ccccc3)CC2)OC1=O. The molecule has 0 aliphatic carbocycles. The van der Waals surface area contributed by atoms with Crippen LogP contribution < -0.4 is 4.90 Å². The van der Waals surface area contributed by atoms with Crippen LogP contribution in [0.1, 0.15) is 30.9 Å². The highest BCUT2D eigenvalue weighted by atomic mass is 19.4. The molecule has 9 heteroatoms. The van der Waals surface area contributed by atoms with E-state index in [1.54, 1.807) is 17.9 Å². The molecule has 0 atom stereocenters. The molecule has 2 fully saturated rings. The summed E-state index contributed by atoms with van der Waals surface area (Å²) < 4.78 is 45.3. The summed E-state index contributed by atoms with van der Waals surface area (Å²) >= 11 is 0. The lowest BCUT2D eigenvalue weighted by Gasteiger charge is -2.42. The number of alkyl halides is 3. The number of piperazine rings is 1. The molecule has 0 saturated carbocycles. The van der Waals surface area contributed by atoms with E-state index in [4.69, 9.17) is 4.74 Å². The lowest BCUT2D eigenvalue weighted by Crippen LogP contribution is -2.53. The molecule has 2 aromatic carbocycles. The number of carbonyl (C=O) groups excluding carboxylic acids is 2. The van der Waals surface area contributed by atoms with Crippen LogP contribution in [0.4, 0.5) is 18.9 Å². The van der Waals surface area contributed by atoms with Gasteiger partial charge in [-0.05, 0) is 37.1 Å². The van der Waals surface area contributed by atoms with Crippen molar-refractivity contribution in [3.63, 3.8) is 0 Å². The van der Waals surface area contributed by atoms with Gasteiger partial charge in [0.2, 0.25) is 0 Å². The molecule has 202 valence electrons. The van der Waals surface area contributed by atoms with Gasteiger partial charge in [0.15, 0.2) is 0 Å². The summed E-state index contributed by atoms with van der Waals surface area (Å²) in [5.74, 6) is -0.636. The molecule has 0 bridgehead atoms. The lowest BCUT2D eigenvalue weighted by molar-refractivity contribution is -0.151. The van der Waals surface area contributed by atoms with Crippen molar-refractivity contribution >= 4 is 17.6 Å². The zero-order chi connectivity index (χ0) is 26.9. The molecule has 0 radical (unpaired) electrons. The molecule has 0 aromatic heterocycles. The Morgan fingerprint density at radius 2 is 1.63 bits per heavy atom. The number of carbonyl (C=O) groups is 2. The molecule has 38 heavy (non-hydrogen) atoms. The third-order valence-corrected chi connectivity index (χ3v) is 7.97. The molecule has 3 aliphatic rings. The summed E-state index contributed by atoms with van der Waals surface area (Å²) in [6.07, 6.45) is -2.34. The number of amides is 1. The average Bonchev–Trinajstić information content (AvgIpc) is 3.16. The van der Waals surface area contributed by atoms with Crippen LogP contribution in [0.15, 0.2) is 65.7 Å². The van der Waals surface area contributed by atoms with Crippen LogP contribution in [0.25, 0.3) is 0 Å². The third kappa shape index (κ3) is 5.29. The topological polar surface area (TPSA) is 53.1 Å². The second-order valence-corrected chi connectivity index (χ2v) is 10.3. The number of benzene rings is 2. The van der Waals surface area contributed by atoms with Gasteiger partial charge in [-0.25, -0.2) is 4.79 Å². The first-order chi connectivity index (χ1) is 18.2. The van der Waals surface area contributed by atoms with E-state index in [2.05, 4.69) is 17.0 Å². The predicted octanol–water partition coefficient (Wildman–Crippen LogP) is 4.30. The number of piperidine rings is 1. The van der Waals surface area contributed by atoms with Crippen LogP contribution >= 0.6 is 0 Å². The van der Waals surface area contributed by atoms with Crippen molar-refractivity contribution in [3.05, 3.63) is 76.9 Å². The number of rotatable bonds is 5. The number of hydrogen-bond acceptors (Lipinski definition) is 5. The maximum Gasteiger partial charge on any atom is 0.416 e. The Morgan fingerprint density at radius 3 is 2.29 bits per heavy atom. The van der Waals surface area contributed by atoms with E-state index in [-0.39, 0.29) is 5.91 Å². The van der Waals surface area contributed by atoms with E-state index < -0.39 is 23.3 Å². The van der Waals surface area contributed by atoms with Crippen LogP contribution in [-0.2, 0) is 26.9 Å². The minimum Gasteiger partial charge on any atom is -0.450 e. The Balaban J connectivity index is 1.22. The van der Waals surface area contributed by atoms with Gasteiger partial charge in [-0.1, -0.05) is 36.4 Å². The Labute approximate surface area is 220 Å². The van der Waals surface area contributed by atoms with E-state index >= 15 is 0 Å². The number of hydrogen-bond donors (Lipinski definition) is 0. The quantitative estimate of drug-likeness (QED) is 0.543. The van der Waals surface area contributed by atoms with Gasteiger partial charge in [-0.2, -0.15) is 13.2 Å². The minimum atomic E-state index is -4.40. The molecule has 3 aliphatic heterocycles. The number of nitrogens with zero attached hydrogens (tertiary/aromatic N) is 3. The van der Waals surface area contributed by atoms with Gasteiger partial charge >= 0.3 is 12.1 Å². The summed E-state index contributed by atoms with van der Waals surface area (Å²) in [7, 11) is 0. The normalized spacial score (nSPS) is 20.3. The molecule has 1 amide bonds. The summed E-state index contributed by atoms with van der Waals surface area (Å²) in [5, 5.41) is 0. The molecule has 0 unspecified atom stereocenters. The van der Waals surface area contributed by atoms with Crippen molar-refractivity contribution in [3.8, 4) is 0 Å². The average molecular weight is 528 g/mol. The molecule has 2 aromatic rings. The van der Waals surface area contributed by atoms with Crippen molar-refractivity contribution in [2.45, 2.75) is 38.0 Å². The Kier molecular flexibility index (Phi) is 7.22. The molecular weight excluding hydrogens is 495 g/mol. The van der Waals surface area contributed by atoms with Crippen molar-refractivity contribution in [2.75, 3.05) is 50.7 Å². The molecule has 6 nitrogen and oxygen atoms in total. The van der Waals surface area contributed by atoms with Crippen LogP contribution in [0.5, 0.6) is 0 Å². The van der Waals surface area contributed by atoms with Gasteiger partial charge in [0.05, 0.1) is 11.1 Å². The Hall–Kier alpha value is -3.33. The third-order valence-electron chi connectivity index (χ3n) is 7.97. The van der Waals surface area contributed by atoms with Gasteiger partial charge in [0.1, 0.15) is 5.60 Å². The highest BCUT2D eigenvalue weighted by molar-refractivity contribution is 6.07. The highest BCUT2D eigenvalue weighted by Crippen LogP contribution is 2.42. The fourth-order valence-electron chi connectivity index (χ4n) is 5.73. The monoisotopic (exact) mass is 527 g/mol. The molecule has 1 spiro atoms. The van der Waals surface area contributed by atoms with Gasteiger partial charge in [0.25, 0.3) is 5.91 Å². The van der Waals surface area contributed by atoms with E-state index in [0.29, 0.717) is 55.9 Å². The van der Waals surface area contributed by atoms with E-state index in [0.717, 1.165) is 38.2 Å². The summed E-state index contributed by atoms with van der Waals surface area (Å²) in [6.45, 7) is 5.56. The molecule has 3 heterocycles. The number of ether oxygens (including phenoxy) is 1. The standard InChI is InChI=1S/C29H32F3N3O3/c1-21-25(26(36)35-18-16-34(17-19-35)24-9-5-8-23(20-24)29(30,31)32)28(38-27(21)37)11-14-33(15-12-28)13-10-22-6-3-2-4-7-22/h2-9,20H,10-19H2,1H3. The van der Waals surface area contributed by atoms with Crippen molar-refractivity contribution in [2.24, 2.45) is 0 Å². The van der Waals surface area contributed by atoms with Gasteiger partial charge in [-0.15, -0.1) is 0 Å². The van der Waals surface area contributed by atoms with E-state index in [1.807, 2.05) is 23.1 Å². The molecule has 0 N–H and O–H groups in total. The van der Waals surface area contributed by atoms with Crippen molar-refractivity contribution < 1.29 is 27.5 Å². The number of anilines is 1. The van der Waals surface area contributed by atoms with Crippen molar-refractivity contribution in [1.29, 1.82) is 0 Å². The highest BCUT2D eigenvalue weighted by Gasteiger charge is 2.51. The van der Waals surface area contributed by atoms with Gasteiger partial charge in [0, 0.05) is 69.9 Å². The van der Waals surface area contributed by atoms with Gasteiger partial charge in [-0.3, -0.25) is 4.79 Å². The Morgan fingerprint density at radius 1 is 0.947 bits per heavy atom. The van der Waals surface area contributed by atoms with Crippen LogP contribution in [-0.4, -0.2) is 73.1 Å². The maximum atomic E-state index is 13.7.